The molecule has 1 fully saturated rings. The fraction of sp³-hybridized carbons (Fsp3) is 0.526. The molecule has 9 heteroatoms. The number of amides is 1. The van der Waals surface area contributed by atoms with E-state index in [4.69, 9.17) is 9.47 Å². The first-order chi connectivity index (χ1) is 13.0. The van der Waals surface area contributed by atoms with Gasteiger partial charge in [-0.3, -0.25) is 0 Å². The van der Waals surface area contributed by atoms with Gasteiger partial charge in [-0.25, -0.2) is 18.8 Å². The summed E-state index contributed by atoms with van der Waals surface area (Å²) in [4.78, 5) is 35.4. The lowest BCUT2D eigenvalue weighted by Gasteiger charge is -2.36. The van der Waals surface area contributed by atoms with Crippen LogP contribution in [0.25, 0.3) is 0 Å². The van der Waals surface area contributed by atoms with Crippen molar-refractivity contribution in [1.82, 2.24) is 5.32 Å². The van der Waals surface area contributed by atoms with Gasteiger partial charge in [0.15, 0.2) is 0 Å². The van der Waals surface area contributed by atoms with Gasteiger partial charge in [-0.2, -0.15) is 0 Å². The molecule has 0 heterocycles. The number of carbonyl (C=O) groups is 3. The number of hydrogen-bond acceptors (Lipinski definition) is 7. The van der Waals surface area contributed by atoms with E-state index in [0.717, 1.165) is 20.3 Å². The predicted molar refractivity (Wildman–Crippen MR) is 95.9 cm³/mol. The van der Waals surface area contributed by atoms with Crippen molar-refractivity contribution in [3.63, 3.8) is 0 Å². The maximum atomic E-state index is 14.4. The molecule has 1 aromatic carbocycles. The zero-order valence-corrected chi connectivity index (χ0v) is 16.5. The number of carbonyl (C=O) groups excluding carboxylic acids is 3. The Kier molecular flexibility index (Phi) is 6.48. The molecule has 1 aromatic rings. The molecule has 154 valence electrons. The summed E-state index contributed by atoms with van der Waals surface area (Å²) in [6.07, 6.45) is 0.187. The zero-order chi connectivity index (χ0) is 21.1. The number of esters is 2. The summed E-state index contributed by atoms with van der Waals surface area (Å²) in [5.74, 6) is -2.75. The molecular formula is C19H24FNO7. The second-order valence-electron chi connectivity index (χ2n) is 7.37. The maximum Gasteiger partial charge on any atom is 0.407 e. The summed E-state index contributed by atoms with van der Waals surface area (Å²) in [6.45, 7) is 5.31. The van der Waals surface area contributed by atoms with Crippen LogP contribution < -0.4 is 10.1 Å². The molecule has 0 atom stereocenters. The smallest absolute Gasteiger partial charge is 0.407 e. The van der Waals surface area contributed by atoms with Crippen molar-refractivity contribution >= 4 is 18.0 Å². The van der Waals surface area contributed by atoms with Crippen LogP contribution in [0.2, 0.25) is 0 Å². The Balaban J connectivity index is 2.02. The van der Waals surface area contributed by atoms with Gasteiger partial charge in [0.1, 0.15) is 28.8 Å². The highest BCUT2D eigenvalue weighted by Crippen LogP contribution is 2.29. The number of rotatable bonds is 5. The normalized spacial score (nSPS) is 18.5. The quantitative estimate of drug-likeness (QED) is 0.602. The summed E-state index contributed by atoms with van der Waals surface area (Å²) in [7, 11) is 2.20. The van der Waals surface area contributed by atoms with E-state index in [9.17, 15) is 18.8 Å². The van der Waals surface area contributed by atoms with Crippen molar-refractivity contribution < 1.29 is 37.7 Å². The Labute approximate surface area is 162 Å². The molecule has 0 bridgehead atoms. The third kappa shape index (κ3) is 5.34. The van der Waals surface area contributed by atoms with Crippen LogP contribution in [0.3, 0.4) is 0 Å². The highest BCUT2D eigenvalue weighted by atomic mass is 19.1. The number of benzene rings is 1. The maximum absolute atomic E-state index is 14.4. The lowest BCUT2D eigenvalue weighted by Crippen LogP contribution is -2.50. The molecule has 0 spiro atoms. The summed E-state index contributed by atoms with van der Waals surface area (Å²) in [5.41, 5.74) is -1.39. The molecule has 8 nitrogen and oxygen atoms in total. The van der Waals surface area contributed by atoms with Crippen molar-refractivity contribution in [1.29, 1.82) is 0 Å². The highest BCUT2D eigenvalue weighted by Gasteiger charge is 2.34. The summed E-state index contributed by atoms with van der Waals surface area (Å²) in [5, 5.41) is 2.72. The first-order valence-corrected chi connectivity index (χ1v) is 8.70. The van der Waals surface area contributed by atoms with Gasteiger partial charge in [-0.1, -0.05) is 0 Å². The molecule has 0 saturated heterocycles. The van der Waals surface area contributed by atoms with Crippen LogP contribution in [0.4, 0.5) is 9.18 Å². The SMILES string of the molecule is COC(=O)c1cc(O[C@H]2C[C@H](NC(=O)OC(C)(C)C)C2)cc(F)c1C(=O)OC. The fourth-order valence-corrected chi connectivity index (χ4v) is 2.68. The molecule has 1 aliphatic carbocycles. The summed E-state index contributed by atoms with van der Waals surface area (Å²) >= 11 is 0. The second kappa shape index (κ2) is 8.45. The molecule has 28 heavy (non-hydrogen) atoms. The van der Waals surface area contributed by atoms with Crippen LogP contribution in [0, 0.1) is 5.82 Å². The first kappa shape index (κ1) is 21.5. The van der Waals surface area contributed by atoms with Crippen molar-refractivity contribution in [2.24, 2.45) is 0 Å². The zero-order valence-electron chi connectivity index (χ0n) is 16.5. The number of ether oxygens (including phenoxy) is 4. The van der Waals surface area contributed by atoms with Gasteiger partial charge >= 0.3 is 18.0 Å². The summed E-state index contributed by atoms with van der Waals surface area (Å²) in [6, 6.07) is 2.11. The average Bonchev–Trinajstić information content (AvgIpc) is 2.56. The minimum absolute atomic E-state index is 0.0753. The minimum Gasteiger partial charge on any atom is -0.490 e. The van der Waals surface area contributed by atoms with Crippen LogP contribution in [0.15, 0.2) is 12.1 Å². The Bertz CT molecular complexity index is 766. The number of methoxy groups -OCH3 is 2. The molecule has 0 aliphatic heterocycles. The molecule has 0 radical (unpaired) electrons. The molecule has 1 amide bonds. The monoisotopic (exact) mass is 397 g/mol. The topological polar surface area (TPSA) is 100 Å². The van der Waals surface area contributed by atoms with E-state index in [2.05, 4.69) is 14.8 Å². The Hall–Kier alpha value is -2.84. The Morgan fingerprint density at radius 2 is 1.68 bits per heavy atom. The third-order valence-electron chi connectivity index (χ3n) is 3.98. The van der Waals surface area contributed by atoms with E-state index >= 15 is 0 Å². The van der Waals surface area contributed by atoms with Crippen LogP contribution in [-0.4, -0.2) is 50.0 Å². The molecule has 1 N–H and O–H groups in total. The lowest BCUT2D eigenvalue weighted by atomic mass is 9.89. The van der Waals surface area contributed by atoms with E-state index in [0.29, 0.717) is 12.8 Å². The minimum atomic E-state index is -0.991. The van der Waals surface area contributed by atoms with Gasteiger partial charge in [0.05, 0.1) is 19.8 Å². The second-order valence-corrected chi connectivity index (χ2v) is 7.37. The van der Waals surface area contributed by atoms with Crippen molar-refractivity contribution in [2.75, 3.05) is 14.2 Å². The van der Waals surface area contributed by atoms with Gasteiger partial charge in [0.25, 0.3) is 0 Å². The molecule has 0 unspecified atom stereocenters. The van der Waals surface area contributed by atoms with Crippen molar-refractivity contribution in [3.8, 4) is 5.75 Å². The summed E-state index contributed by atoms with van der Waals surface area (Å²) < 4.78 is 34.3. The number of alkyl carbamates (subject to hydrolysis) is 1. The largest absolute Gasteiger partial charge is 0.490 e. The fourth-order valence-electron chi connectivity index (χ4n) is 2.68. The number of halogens is 1. The van der Waals surface area contributed by atoms with Gasteiger partial charge in [0.2, 0.25) is 0 Å². The van der Waals surface area contributed by atoms with Crippen molar-refractivity contribution in [2.45, 2.75) is 51.4 Å². The Morgan fingerprint density at radius 1 is 1.07 bits per heavy atom. The third-order valence-corrected chi connectivity index (χ3v) is 3.98. The van der Waals surface area contributed by atoms with Gasteiger partial charge in [-0.15, -0.1) is 0 Å². The van der Waals surface area contributed by atoms with Gasteiger partial charge in [-0.05, 0) is 26.8 Å². The van der Waals surface area contributed by atoms with Crippen LogP contribution in [0.1, 0.15) is 54.3 Å². The van der Waals surface area contributed by atoms with E-state index in [1.165, 1.54) is 6.07 Å². The number of hydrogen-bond donors (Lipinski definition) is 1. The molecule has 1 saturated carbocycles. The lowest BCUT2D eigenvalue weighted by molar-refractivity contribution is 0.0360. The predicted octanol–water partition coefficient (Wildman–Crippen LogP) is 2.83. The number of nitrogens with one attached hydrogen (secondary N) is 1. The van der Waals surface area contributed by atoms with E-state index in [-0.39, 0.29) is 23.5 Å². The van der Waals surface area contributed by atoms with E-state index in [1.54, 1.807) is 20.8 Å². The first-order valence-electron chi connectivity index (χ1n) is 8.70. The average molecular weight is 397 g/mol. The highest BCUT2D eigenvalue weighted by molar-refractivity contribution is 6.03. The van der Waals surface area contributed by atoms with Crippen LogP contribution in [-0.2, 0) is 14.2 Å². The van der Waals surface area contributed by atoms with Gasteiger partial charge in [0, 0.05) is 24.9 Å². The standard InChI is InChI=1S/C19H24FNO7/c1-19(2,3)28-18(24)21-10-6-11(7-10)27-12-8-13(16(22)25-4)15(14(20)9-12)17(23)26-5/h8-11H,6-7H2,1-5H3,(H,21,24)/t10-,11-. The van der Waals surface area contributed by atoms with E-state index in [1.807, 2.05) is 0 Å². The molecular weight excluding hydrogens is 373 g/mol. The van der Waals surface area contributed by atoms with Crippen LogP contribution >= 0.6 is 0 Å². The Morgan fingerprint density at radius 3 is 2.21 bits per heavy atom. The van der Waals surface area contributed by atoms with Gasteiger partial charge < -0.3 is 24.3 Å². The molecule has 2 rings (SSSR count). The van der Waals surface area contributed by atoms with Crippen molar-refractivity contribution in [3.05, 3.63) is 29.1 Å². The molecule has 1 aliphatic rings. The van der Waals surface area contributed by atoms with E-state index < -0.39 is 35.0 Å². The van der Waals surface area contributed by atoms with Crippen LogP contribution in [0.5, 0.6) is 5.75 Å². The molecule has 0 aromatic heterocycles.